The number of rotatable bonds is 3. The largest absolute Gasteiger partial charge is 0.361 e. The van der Waals surface area contributed by atoms with E-state index in [1.165, 1.54) is 5.56 Å². The zero-order valence-electron chi connectivity index (χ0n) is 17.4. The van der Waals surface area contributed by atoms with Crippen molar-refractivity contribution in [2.75, 3.05) is 37.7 Å². The van der Waals surface area contributed by atoms with Gasteiger partial charge in [0.1, 0.15) is 0 Å². The van der Waals surface area contributed by atoms with E-state index in [2.05, 4.69) is 21.9 Å². The van der Waals surface area contributed by atoms with Gasteiger partial charge in [0.15, 0.2) is 5.79 Å². The third-order valence-electron chi connectivity index (χ3n) is 6.93. The van der Waals surface area contributed by atoms with Crippen LogP contribution >= 0.6 is 34.8 Å². The molecule has 2 aromatic rings. The summed E-state index contributed by atoms with van der Waals surface area (Å²) in [5.41, 5.74) is 2.27. The van der Waals surface area contributed by atoms with E-state index in [0.717, 1.165) is 69.2 Å². The van der Waals surface area contributed by atoms with E-state index >= 15 is 0 Å². The number of ether oxygens (including phenoxy) is 2. The average molecular weight is 482 g/mol. The van der Waals surface area contributed by atoms with E-state index in [0.29, 0.717) is 16.1 Å². The van der Waals surface area contributed by atoms with Gasteiger partial charge in [-0.25, -0.2) is 0 Å². The summed E-state index contributed by atoms with van der Waals surface area (Å²) >= 11 is 18.9. The van der Waals surface area contributed by atoms with Gasteiger partial charge in [-0.3, -0.25) is 4.90 Å². The molecule has 1 unspecified atom stereocenters. The minimum atomic E-state index is -0.315. The molecule has 2 aromatic carbocycles. The Hall–Kier alpha value is -1.01. The first kappa shape index (κ1) is 21.8. The van der Waals surface area contributed by atoms with Gasteiger partial charge in [-0.15, -0.1) is 0 Å². The van der Waals surface area contributed by atoms with Crippen LogP contribution in [0.4, 0.5) is 5.69 Å². The molecule has 1 atom stereocenters. The Morgan fingerprint density at radius 1 is 0.839 bits per heavy atom. The molecule has 2 saturated heterocycles. The van der Waals surface area contributed by atoms with E-state index in [1.807, 2.05) is 30.3 Å². The molecule has 1 spiro atoms. The topological polar surface area (TPSA) is 24.9 Å². The Labute approximate surface area is 199 Å². The molecule has 2 aliphatic heterocycles. The number of piperazine rings is 1. The summed E-state index contributed by atoms with van der Waals surface area (Å²) in [7, 11) is 0. The summed E-state index contributed by atoms with van der Waals surface area (Å²) in [5.74, 6) is -0.315. The zero-order valence-corrected chi connectivity index (χ0v) is 19.7. The fraction of sp³-hybridized carbons (Fsp3) is 0.500. The van der Waals surface area contributed by atoms with Crippen molar-refractivity contribution in [1.29, 1.82) is 0 Å². The predicted octanol–water partition coefficient (Wildman–Crippen LogP) is 6.20. The second-order valence-electron chi connectivity index (χ2n) is 8.69. The molecule has 31 heavy (non-hydrogen) atoms. The van der Waals surface area contributed by atoms with Crippen molar-refractivity contribution in [3.8, 4) is 0 Å². The van der Waals surface area contributed by atoms with Crippen LogP contribution in [0.3, 0.4) is 0 Å². The van der Waals surface area contributed by atoms with Gasteiger partial charge >= 0.3 is 0 Å². The molecule has 5 rings (SSSR count). The lowest BCUT2D eigenvalue weighted by atomic mass is 9.88. The normalized spacial score (nSPS) is 24.7. The van der Waals surface area contributed by atoms with Crippen LogP contribution in [0, 0.1) is 0 Å². The number of anilines is 1. The summed E-state index contributed by atoms with van der Waals surface area (Å²) in [6, 6.07) is 14.7. The van der Waals surface area contributed by atoms with Crippen LogP contribution in [-0.4, -0.2) is 49.6 Å². The second-order valence-corrected chi connectivity index (χ2v) is 9.97. The fourth-order valence-electron chi connectivity index (χ4n) is 5.30. The van der Waals surface area contributed by atoms with E-state index < -0.39 is 0 Å². The predicted molar refractivity (Wildman–Crippen MR) is 126 cm³/mol. The number of hydrogen-bond acceptors (Lipinski definition) is 4. The van der Waals surface area contributed by atoms with Crippen molar-refractivity contribution in [3.63, 3.8) is 0 Å². The fourth-order valence-corrected chi connectivity index (χ4v) is 5.94. The quantitative estimate of drug-likeness (QED) is 0.521. The van der Waals surface area contributed by atoms with Crippen LogP contribution in [0.15, 0.2) is 42.5 Å². The van der Waals surface area contributed by atoms with Gasteiger partial charge in [-0.1, -0.05) is 46.9 Å². The van der Waals surface area contributed by atoms with E-state index in [4.69, 9.17) is 44.3 Å². The molecular weight excluding hydrogens is 455 g/mol. The Balaban J connectivity index is 1.37. The van der Waals surface area contributed by atoms with Gasteiger partial charge in [0.25, 0.3) is 0 Å². The molecular formula is C24H27Cl3N2O2. The maximum atomic E-state index is 6.61. The summed E-state index contributed by atoms with van der Waals surface area (Å²) in [6.45, 7) is 4.30. The van der Waals surface area contributed by atoms with E-state index in [1.54, 1.807) is 0 Å². The third-order valence-corrected chi connectivity index (χ3v) is 7.72. The second kappa shape index (κ2) is 9.09. The Morgan fingerprint density at radius 2 is 1.52 bits per heavy atom. The summed E-state index contributed by atoms with van der Waals surface area (Å²) in [6.07, 6.45) is 4.17. The molecule has 7 heteroatoms. The smallest absolute Gasteiger partial charge is 0.168 e. The van der Waals surface area contributed by atoms with Crippen LogP contribution in [0.1, 0.15) is 37.3 Å². The molecule has 2 heterocycles. The van der Waals surface area contributed by atoms with E-state index in [-0.39, 0.29) is 11.8 Å². The maximum absolute atomic E-state index is 6.61. The van der Waals surface area contributed by atoms with Gasteiger partial charge in [0.05, 0.1) is 30.0 Å². The van der Waals surface area contributed by atoms with Gasteiger partial charge in [-0.05, 0) is 48.7 Å². The van der Waals surface area contributed by atoms with Crippen LogP contribution < -0.4 is 4.90 Å². The standard InChI is InChI=1S/C24H27Cl3N2O2/c25-18-3-1-17(2-4-18)23-16-28(20-7-9-24(10-8-20)30-13-14-31-24)11-12-29(23)22-6-5-19(26)15-21(22)27/h1-6,15,20,23H,7-14,16H2. The van der Waals surface area contributed by atoms with E-state index in [9.17, 15) is 0 Å². The molecule has 4 nitrogen and oxygen atoms in total. The number of benzene rings is 2. The highest BCUT2D eigenvalue weighted by molar-refractivity contribution is 6.36. The monoisotopic (exact) mass is 480 g/mol. The minimum Gasteiger partial charge on any atom is -0.361 e. The van der Waals surface area contributed by atoms with Gasteiger partial charge in [0, 0.05) is 48.6 Å². The summed E-state index contributed by atoms with van der Waals surface area (Å²) in [5, 5.41) is 2.10. The van der Waals surface area contributed by atoms with Crippen LogP contribution in [0.25, 0.3) is 0 Å². The first-order valence-corrected chi connectivity index (χ1v) is 12.2. The molecule has 0 N–H and O–H groups in total. The van der Waals surface area contributed by atoms with Crippen LogP contribution in [-0.2, 0) is 9.47 Å². The van der Waals surface area contributed by atoms with Crippen molar-refractivity contribution in [1.82, 2.24) is 4.90 Å². The minimum absolute atomic E-state index is 0.194. The Morgan fingerprint density at radius 3 is 2.19 bits per heavy atom. The lowest BCUT2D eigenvalue weighted by Gasteiger charge is -2.48. The molecule has 0 radical (unpaired) electrons. The maximum Gasteiger partial charge on any atom is 0.168 e. The van der Waals surface area contributed by atoms with Crippen molar-refractivity contribution in [3.05, 3.63) is 63.1 Å². The van der Waals surface area contributed by atoms with Crippen molar-refractivity contribution in [2.45, 2.75) is 43.6 Å². The molecule has 166 valence electrons. The zero-order chi connectivity index (χ0) is 21.4. The Kier molecular flexibility index (Phi) is 6.40. The number of hydrogen-bond donors (Lipinski definition) is 0. The van der Waals surface area contributed by atoms with Gasteiger partial charge in [0.2, 0.25) is 0 Å². The third kappa shape index (κ3) is 4.57. The van der Waals surface area contributed by atoms with Crippen molar-refractivity contribution < 1.29 is 9.47 Å². The summed E-state index contributed by atoms with van der Waals surface area (Å²) in [4.78, 5) is 5.05. The van der Waals surface area contributed by atoms with Crippen LogP contribution in [0.5, 0.6) is 0 Å². The molecule has 1 aliphatic carbocycles. The number of nitrogens with zero attached hydrogens (tertiary/aromatic N) is 2. The van der Waals surface area contributed by atoms with Crippen molar-refractivity contribution >= 4 is 40.5 Å². The molecule has 1 saturated carbocycles. The van der Waals surface area contributed by atoms with Crippen molar-refractivity contribution in [2.24, 2.45) is 0 Å². The molecule has 0 bridgehead atoms. The molecule has 0 amide bonds. The van der Waals surface area contributed by atoms with Crippen LogP contribution in [0.2, 0.25) is 15.1 Å². The summed E-state index contributed by atoms with van der Waals surface area (Å²) < 4.78 is 11.9. The molecule has 3 aliphatic rings. The first-order chi connectivity index (χ1) is 15.0. The first-order valence-electron chi connectivity index (χ1n) is 11.0. The highest BCUT2D eigenvalue weighted by Crippen LogP contribution is 2.41. The lowest BCUT2D eigenvalue weighted by molar-refractivity contribution is -0.184. The average Bonchev–Trinajstić information content (AvgIpc) is 3.23. The van der Waals surface area contributed by atoms with Gasteiger partial charge in [-0.2, -0.15) is 0 Å². The highest BCUT2D eigenvalue weighted by Gasteiger charge is 2.42. The van der Waals surface area contributed by atoms with Gasteiger partial charge < -0.3 is 14.4 Å². The lowest BCUT2D eigenvalue weighted by Crippen LogP contribution is -2.54. The highest BCUT2D eigenvalue weighted by atomic mass is 35.5. The SMILES string of the molecule is Clc1ccc(C2CN(C3CCC4(CC3)OCCO4)CCN2c2ccc(Cl)cc2Cl)cc1. The number of halogens is 3. The molecule has 3 fully saturated rings. The molecule has 0 aromatic heterocycles. The Bertz CT molecular complexity index is 908.